The molecule has 9 heteroatoms. The minimum absolute atomic E-state index is 0.107. The van der Waals surface area contributed by atoms with Crippen LogP contribution in [0.4, 0.5) is 0 Å². The third-order valence-electron chi connectivity index (χ3n) is 2.63. The van der Waals surface area contributed by atoms with Crippen molar-refractivity contribution in [3.05, 3.63) is 27.6 Å². The third-order valence-corrected chi connectivity index (χ3v) is 3.53. The number of aromatic nitrogens is 2. The lowest BCUT2D eigenvalue weighted by Gasteiger charge is -2.16. The predicted octanol–water partition coefficient (Wildman–Crippen LogP) is 0.0442. The van der Waals surface area contributed by atoms with E-state index >= 15 is 0 Å². The molecular weight excluding hydrogens is 298 g/mol. The number of hydrogen-bond donors (Lipinski definition) is 2. The van der Waals surface area contributed by atoms with E-state index in [9.17, 15) is 14.4 Å². The van der Waals surface area contributed by atoms with E-state index in [4.69, 9.17) is 9.84 Å². The Morgan fingerprint density at radius 3 is 2.95 bits per heavy atom. The van der Waals surface area contributed by atoms with Crippen LogP contribution in [0.1, 0.15) is 5.82 Å². The van der Waals surface area contributed by atoms with Crippen molar-refractivity contribution in [2.75, 3.05) is 20.3 Å². The summed E-state index contributed by atoms with van der Waals surface area (Å²) in [6.07, 6.45) is 0. The summed E-state index contributed by atoms with van der Waals surface area (Å²) in [5.41, 5.74) is 0.342. The highest BCUT2D eigenvalue weighted by molar-refractivity contribution is 7.17. The molecule has 0 fully saturated rings. The standard InChI is InChI=1S/C12H13N3O5S/c1-15(9(16)5-20-6-10(17)18)4-8-13-7-2-3-21-11(7)12(19)14-8/h2-3H,4-6H2,1H3,(H,17,18)(H,13,14,19). The third kappa shape index (κ3) is 3.86. The number of nitrogens with one attached hydrogen (secondary N) is 1. The topological polar surface area (TPSA) is 113 Å². The first-order valence-electron chi connectivity index (χ1n) is 5.97. The Balaban J connectivity index is 2.00. The number of fused-ring (bicyclic) bond motifs is 1. The lowest BCUT2D eigenvalue weighted by molar-refractivity contribution is -0.145. The van der Waals surface area contributed by atoms with Gasteiger partial charge in [-0.15, -0.1) is 11.3 Å². The molecule has 0 aliphatic carbocycles. The maximum Gasteiger partial charge on any atom is 0.329 e. The van der Waals surface area contributed by atoms with Crippen molar-refractivity contribution in [1.82, 2.24) is 14.9 Å². The second kappa shape index (κ2) is 6.46. The monoisotopic (exact) mass is 311 g/mol. The molecule has 0 atom stereocenters. The van der Waals surface area contributed by atoms with Gasteiger partial charge in [-0.25, -0.2) is 9.78 Å². The van der Waals surface area contributed by atoms with Crippen molar-refractivity contribution >= 4 is 33.4 Å². The molecule has 2 heterocycles. The Bertz CT molecular complexity index is 723. The fraction of sp³-hybridized carbons (Fsp3) is 0.333. The van der Waals surface area contributed by atoms with E-state index in [1.165, 1.54) is 23.3 Å². The predicted molar refractivity (Wildman–Crippen MR) is 75.2 cm³/mol. The van der Waals surface area contributed by atoms with Crippen LogP contribution >= 0.6 is 11.3 Å². The number of carboxylic acid groups (broad SMARTS) is 1. The summed E-state index contributed by atoms with van der Waals surface area (Å²) in [4.78, 5) is 41.9. The molecule has 8 nitrogen and oxygen atoms in total. The molecule has 0 spiro atoms. The average Bonchev–Trinajstić information content (AvgIpc) is 2.86. The number of ether oxygens (including phenoxy) is 1. The first kappa shape index (κ1) is 15.1. The van der Waals surface area contributed by atoms with Crippen molar-refractivity contribution in [2.45, 2.75) is 6.54 Å². The van der Waals surface area contributed by atoms with Crippen LogP contribution in [-0.4, -0.2) is 52.1 Å². The van der Waals surface area contributed by atoms with Gasteiger partial charge in [0.25, 0.3) is 5.56 Å². The first-order valence-corrected chi connectivity index (χ1v) is 6.85. The van der Waals surface area contributed by atoms with Gasteiger partial charge in [0, 0.05) is 7.05 Å². The van der Waals surface area contributed by atoms with E-state index < -0.39 is 18.5 Å². The number of likely N-dealkylation sites (N-methyl/N-ethyl adjacent to an activating group) is 1. The summed E-state index contributed by atoms with van der Waals surface area (Å²) in [5, 5.41) is 10.2. The van der Waals surface area contributed by atoms with Gasteiger partial charge in [0.15, 0.2) is 0 Å². The Hall–Kier alpha value is -2.26. The van der Waals surface area contributed by atoms with Gasteiger partial charge >= 0.3 is 5.97 Å². The Labute approximate surface area is 123 Å². The molecule has 1 amide bonds. The fourth-order valence-corrected chi connectivity index (χ4v) is 2.37. The molecule has 0 unspecified atom stereocenters. The number of aromatic amines is 1. The minimum Gasteiger partial charge on any atom is -0.480 e. The van der Waals surface area contributed by atoms with E-state index in [0.29, 0.717) is 16.0 Å². The molecule has 0 bridgehead atoms. The minimum atomic E-state index is -1.14. The smallest absolute Gasteiger partial charge is 0.329 e. The van der Waals surface area contributed by atoms with Gasteiger partial charge in [-0.1, -0.05) is 0 Å². The van der Waals surface area contributed by atoms with E-state index in [0.717, 1.165) is 0 Å². The normalized spacial score (nSPS) is 10.7. The van der Waals surface area contributed by atoms with E-state index in [1.807, 2.05) is 0 Å². The van der Waals surface area contributed by atoms with Crippen LogP contribution in [0.25, 0.3) is 10.2 Å². The van der Waals surface area contributed by atoms with E-state index in [2.05, 4.69) is 9.97 Å². The molecule has 0 saturated carbocycles. The van der Waals surface area contributed by atoms with E-state index in [1.54, 1.807) is 11.4 Å². The van der Waals surface area contributed by atoms with Crippen molar-refractivity contribution in [1.29, 1.82) is 0 Å². The van der Waals surface area contributed by atoms with Crippen molar-refractivity contribution in [3.63, 3.8) is 0 Å². The quantitative estimate of drug-likeness (QED) is 0.779. The molecule has 0 aliphatic rings. The second-order valence-electron chi connectivity index (χ2n) is 4.28. The molecule has 21 heavy (non-hydrogen) atoms. The number of H-pyrrole nitrogens is 1. The summed E-state index contributed by atoms with van der Waals surface area (Å²) in [7, 11) is 1.52. The zero-order valence-corrected chi connectivity index (χ0v) is 12.0. The van der Waals surface area contributed by atoms with Gasteiger partial charge in [-0.05, 0) is 11.4 Å². The Morgan fingerprint density at radius 2 is 2.24 bits per heavy atom. The molecule has 2 N–H and O–H groups in total. The number of carboxylic acids is 1. The van der Waals surface area contributed by atoms with Crippen LogP contribution < -0.4 is 5.56 Å². The summed E-state index contributed by atoms with van der Waals surface area (Å²) in [5.74, 6) is -1.18. The van der Waals surface area contributed by atoms with Gasteiger partial charge < -0.3 is 19.7 Å². The number of hydrogen-bond acceptors (Lipinski definition) is 6. The number of rotatable bonds is 6. The number of nitrogens with zero attached hydrogens (tertiary/aromatic N) is 2. The van der Waals surface area contributed by atoms with Gasteiger partial charge in [0.2, 0.25) is 5.91 Å². The lowest BCUT2D eigenvalue weighted by Crippen LogP contribution is -2.32. The summed E-state index contributed by atoms with van der Waals surface area (Å²) in [6, 6.07) is 1.73. The molecule has 0 aliphatic heterocycles. The zero-order chi connectivity index (χ0) is 15.4. The summed E-state index contributed by atoms with van der Waals surface area (Å²) < 4.78 is 5.26. The molecule has 0 saturated heterocycles. The van der Waals surface area contributed by atoms with E-state index in [-0.39, 0.29) is 18.7 Å². The van der Waals surface area contributed by atoms with Crippen LogP contribution in [0.5, 0.6) is 0 Å². The van der Waals surface area contributed by atoms with Crippen LogP contribution in [0, 0.1) is 0 Å². The number of amides is 1. The molecule has 0 aromatic carbocycles. The number of carbonyl (C=O) groups is 2. The SMILES string of the molecule is CN(Cc1nc2ccsc2c(=O)[nH]1)C(=O)COCC(=O)O. The summed E-state index contributed by atoms with van der Waals surface area (Å²) in [6.45, 7) is -0.764. The second-order valence-corrected chi connectivity index (χ2v) is 5.20. The number of aliphatic carboxylic acids is 1. The number of thiophene rings is 1. The van der Waals surface area contributed by atoms with Crippen LogP contribution in [0.15, 0.2) is 16.2 Å². The van der Waals surface area contributed by atoms with Gasteiger partial charge in [0.1, 0.15) is 23.7 Å². The molecule has 0 radical (unpaired) electrons. The fourth-order valence-electron chi connectivity index (χ4n) is 1.65. The molecule has 2 aromatic rings. The molecular formula is C12H13N3O5S. The molecule has 2 rings (SSSR count). The van der Waals surface area contributed by atoms with Gasteiger partial charge in [-0.3, -0.25) is 9.59 Å². The van der Waals surface area contributed by atoms with Gasteiger partial charge in [0.05, 0.1) is 12.1 Å². The van der Waals surface area contributed by atoms with Crippen molar-refractivity contribution < 1.29 is 19.4 Å². The zero-order valence-electron chi connectivity index (χ0n) is 11.2. The Kier molecular flexibility index (Phi) is 4.66. The Morgan fingerprint density at radius 1 is 1.48 bits per heavy atom. The highest BCUT2D eigenvalue weighted by atomic mass is 32.1. The van der Waals surface area contributed by atoms with Crippen molar-refractivity contribution in [2.24, 2.45) is 0 Å². The maximum atomic E-state index is 11.8. The van der Waals surface area contributed by atoms with Crippen LogP contribution in [-0.2, 0) is 20.9 Å². The van der Waals surface area contributed by atoms with Crippen LogP contribution in [0.2, 0.25) is 0 Å². The highest BCUT2D eigenvalue weighted by Gasteiger charge is 2.13. The van der Waals surface area contributed by atoms with Crippen molar-refractivity contribution in [3.8, 4) is 0 Å². The average molecular weight is 311 g/mol. The number of carbonyl (C=O) groups excluding carboxylic acids is 1. The highest BCUT2D eigenvalue weighted by Crippen LogP contribution is 2.13. The lowest BCUT2D eigenvalue weighted by atomic mass is 10.4. The molecule has 2 aromatic heterocycles. The first-order chi connectivity index (χ1) is 9.97. The summed E-state index contributed by atoms with van der Waals surface area (Å²) >= 11 is 1.30. The molecule has 112 valence electrons. The van der Waals surface area contributed by atoms with Crippen LogP contribution in [0.3, 0.4) is 0 Å². The maximum absolute atomic E-state index is 11.8. The largest absolute Gasteiger partial charge is 0.480 e. The van der Waals surface area contributed by atoms with Gasteiger partial charge in [-0.2, -0.15) is 0 Å².